The Balaban J connectivity index is 1.53. The van der Waals surface area contributed by atoms with Crippen LogP contribution in [0, 0.1) is 0 Å². The first-order valence-corrected chi connectivity index (χ1v) is 10.3. The van der Waals surface area contributed by atoms with E-state index >= 15 is 0 Å². The summed E-state index contributed by atoms with van der Waals surface area (Å²) in [6.45, 7) is 1.34. The summed E-state index contributed by atoms with van der Waals surface area (Å²) in [5.41, 5.74) is 1.13. The Kier molecular flexibility index (Phi) is 6.77. The van der Waals surface area contributed by atoms with Crippen molar-refractivity contribution in [3.8, 4) is 5.75 Å². The second-order valence-corrected chi connectivity index (χ2v) is 8.67. The van der Waals surface area contributed by atoms with E-state index < -0.39 is 17.6 Å². The average molecular weight is 453 g/mol. The smallest absolute Gasteiger partial charge is 0.416 e. The third-order valence-electron chi connectivity index (χ3n) is 4.15. The highest BCUT2D eigenvalue weighted by Gasteiger charge is 2.30. The summed E-state index contributed by atoms with van der Waals surface area (Å²) in [6, 6.07) is 4.68. The number of piperidine rings is 1. The molecule has 2 aromatic rings. The van der Waals surface area contributed by atoms with E-state index in [1.807, 2.05) is 0 Å². The van der Waals surface area contributed by atoms with E-state index in [1.54, 1.807) is 10.9 Å². The zero-order valence-corrected chi connectivity index (χ0v) is 16.7. The maximum Gasteiger partial charge on any atom is 0.416 e. The zero-order chi connectivity index (χ0) is 20.3. The normalized spacial score (nSPS) is 16.2. The zero-order valence-electron chi connectivity index (χ0n) is 14.3. The molecule has 0 atom stereocenters. The molecule has 5 nitrogen and oxygen atoms in total. The first-order chi connectivity index (χ1) is 13.3. The number of hydrogen-bond acceptors (Lipinski definition) is 6. The maximum atomic E-state index is 12.6. The number of amides is 1. The summed E-state index contributed by atoms with van der Waals surface area (Å²) in [7, 11) is 0. The number of hydrogen-bond donors (Lipinski definition) is 2. The number of benzene rings is 1. The van der Waals surface area contributed by atoms with Gasteiger partial charge in [-0.1, -0.05) is 11.6 Å². The maximum absolute atomic E-state index is 12.6. The lowest BCUT2D eigenvalue weighted by atomic mass is 10.1. The fourth-order valence-electron chi connectivity index (χ4n) is 2.74. The first kappa shape index (κ1) is 21.3. The molecule has 11 heteroatoms. The molecule has 0 spiro atoms. The van der Waals surface area contributed by atoms with Crippen molar-refractivity contribution in [2.45, 2.75) is 30.0 Å². The fraction of sp³-hybridized carbons (Fsp3) is 0.353. The van der Waals surface area contributed by atoms with Gasteiger partial charge in [-0.3, -0.25) is 10.0 Å². The molecular weight excluding hydrogens is 437 g/mol. The lowest BCUT2D eigenvalue weighted by Crippen LogP contribution is -2.34. The second kappa shape index (κ2) is 8.91. The van der Waals surface area contributed by atoms with Crippen LogP contribution in [0.5, 0.6) is 5.75 Å². The van der Waals surface area contributed by atoms with Gasteiger partial charge in [-0.15, -0.1) is 11.3 Å². The highest BCUT2D eigenvalue weighted by atomic mass is 35.5. The van der Waals surface area contributed by atoms with Crippen molar-refractivity contribution in [1.29, 1.82) is 0 Å². The van der Waals surface area contributed by atoms with E-state index in [4.69, 9.17) is 21.5 Å². The Morgan fingerprint density at radius 3 is 2.50 bits per heavy atom. The van der Waals surface area contributed by atoms with Crippen molar-refractivity contribution in [3.05, 3.63) is 45.1 Å². The van der Waals surface area contributed by atoms with Crippen LogP contribution < -0.4 is 10.2 Å². The third-order valence-corrected chi connectivity index (χ3v) is 6.67. The lowest BCUT2D eigenvalue weighted by molar-refractivity contribution is -0.137. The molecular formula is C17H16ClF3N2O3S2. The molecule has 1 saturated heterocycles. The molecule has 1 aliphatic heterocycles. The number of ether oxygens (including phenoxy) is 1. The second-order valence-electron chi connectivity index (χ2n) is 6.05. The number of hydroxylamine groups is 1. The predicted molar refractivity (Wildman–Crippen MR) is 101 cm³/mol. The lowest BCUT2D eigenvalue weighted by Gasteiger charge is -2.31. The molecule has 152 valence electrons. The molecule has 2 N–H and O–H groups in total. The van der Waals surface area contributed by atoms with Gasteiger partial charge in [0.2, 0.25) is 0 Å². The van der Waals surface area contributed by atoms with E-state index in [1.165, 1.54) is 35.4 Å². The Morgan fingerprint density at radius 1 is 1.29 bits per heavy atom. The van der Waals surface area contributed by atoms with Crippen LogP contribution in [0.25, 0.3) is 0 Å². The molecule has 28 heavy (non-hydrogen) atoms. The van der Waals surface area contributed by atoms with Crippen LogP contribution >= 0.6 is 34.9 Å². The van der Waals surface area contributed by atoms with Gasteiger partial charge >= 0.3 is 6.18 Å². The summed E-state index contributed by atoms with van der Waals surface area (Å²) < 4.78 is 46.0. The Labute approximate surface area is 172 Å². The topological polar surface area (TPSA) is 61.8 Å². The Hall–Kier alpha value is -1.46. The molecule has 0 unspecified atom stereocenters. The van der Waals surface area contributed by atoms with Crippen molar-refractivity contribution in [2.24, 2.45) is 0 Å². The summed E-state index contributed by atoms with van der Waals surface area (Å²) in [6.07, 6.45) is -3.09. The monoisotopic (exact) mass is 452 g/mol. The van der Waals surface area contributed by atoms with Crippen molar-refractivity contribution in [2.75, 3.05) is 13.1 Å². The van der Waals surface area contributed by atoms with Crippen LogP contribution in [0.3, 0.4) is 0 Å². The summed E-state index contributed by atoms with van der Waals surface area (Å²) in [5.74, 6) is -0.250. The minimum Gasteiger partial charge on any atom is -0.490 e. The van der Waals surface area contributed by atoms with Crippen LogP contribution in [0.2, 0.25) is 4.34 Å². The van der Waals surface area contributed by atoms with E-state index in [0.717, 1.165) is 12.1 Å². The molecule has 0 radical (unpaired) electrons. The molecule has 1 aliphatic rings. The van der Waals surface area contributed by atoms with Crippen LogP contribution in [-0.2, 0) is 6.18 Å². The van der Waals surface area contributed by atoms with Gasteiger partial charge in [-0.05, 0) is 49.1 Å². The molecule has 3 rings (SSSR count). The van der Waals surface area contributed by atoms with Crippen molar-refractivity contribution >= 4 is 40.8 Å². The molecule has 2 heterocycles. The Morgan fingerprint density at radius 2 is 1.93 bits per heavy atom. The van der Waals surface area contributed by atoms with Crippen LogP contribution in [0.4, 0.5) is 13.2 Å². The quantitative estimate of drug-likeness (QED) is 0.376. The number of carbonyl (C=O) groups excluding carboxylic acids is 1. The molecule has 0 saturated carbocycles. The van der Waals surface area contributed by atoms with Crippen LogP contribution in [0.1, 0.15) is 28.8 Å². The van der Waals surface area contributed by atoms with Crippen molar-refractivity contribution in [1.82, 2.24) is 9.79 Å². The minimum atomic E-state index is -4.36. The highest BCUT2D eigenvalue weighted by molar-refractivity contribution is 7.97. The summed E-state index contributed by atoms with van der Waals surface area (Å²) >= 11 is 8.60. The number of rotatable bonds is 5. The number of nitrogens with one attached hydrogen (secondary N) is 1. The molecule has 0 bridgehead atoms. The SMILES string of the molecule is O=C(NO)c1c(SN2CCC(Oc3ccc(C(F)(F)F)cc3)CC2)csc1Cl. The van der Waals surface area contributed by atoms with Gasteiger partial charge in [0.1, 0.15) is 16.2 Å². The van der Waals surface area contributed by atoms with Crippen molar-refractivity contribution in [3.63, 3.8) is 0 Å². The van der Waals surface area contributed by atoms with Gasteiger partial charge in [-0.2, -0.15) is 13.2 Å². The molecule has 1 amide bonds. The van der Waals surface area contributed by atoms with Gasteiger partial charge in [0, 0.05) is 23.4 Å². The van der Waals surface area contributed by atoms with Gasteiger partial charge in [0.05, 0.1) is 11.1 Å². The predicted octanol–water partition coefficient (Wildman–Crippen LogP) is 5.09. The fourth-order valence-corrected chi connectivity index (χ4v) is 5.10. The largest absolute Gasteiger partial charge is 0.490 e. The number of carbonyl (C=O) groups is 1. The van der Waals surface area contributed by atoms with Crippen LogP contribution in [-0.4, -0.2) is 34.6 Å². The van der Waals surface area contributed by atoms with Crippen LogP contribution in [0.15, 0.2) is 34.5 Å². The summed E-state index contributed by atoms with van der Waals surface area (Å²) in [4.78, 5) is 12.4. The van der Waals surface area contributed by atoms with E-state index in [9.17, 15) is 18.0 Å². The molecule has 0 aliphatic carbocycles. The van der Waals surface area contributed by atoms with E-state index in [0.29, 0.717) is 40.9 Å². The van der Waals surface area contributed by atoms with Gasteiger partial charge in [-0.25, -0.2) is 9.79 Å². The number of thiophene rings is 1. The number of halogens is 4. The highest BCUT2D eigenvalue weighted by Crippen LogP contribution is 2.37. The molecule has 1 aromatic carbocycles. The molecule has 1 aromatic heterocycles. The van der Waals surface area contributed by atoms with Crippen molar-refractivity contribution < 1.29 is 27.9 Å². The average Bonchev–Trinajstić information content (AvgIpc) is 3.02. The van der Waals surface area contributed by atoms with Gasteiger partial charge in [0.25, 0.3) is 5.91 Å². The van der Waals surface area contributed by atoms with Gasteiger partial charge in [0.15, 0.2) is 0 Å². The molecule has 1 fully saturated rings. The minimum absolute atomic E-state index is 0.0974. The third kappa shape index (κ3) is 5.12. The summed E-state index contributed by atoms with van der Waals surface area (Å²) in [5, 5.41) is 10.6. The van der Waals surface area contributed by atoms with Gasteiger partial charge < -0.3 is 4.74 Å². The van der Waals surface area contributed by atoms with E-state index in [-0.39, 0.29) is 11.7 Å². The first-order valence-electron chi connectivity index (χ1n) is 8.26. The van der Waals surface area contributed by atoms with E-state index in [2.05, 4.69) is 4.31 Å². The Bertz CT molecular complexity index is 822. The number of nitrogens with zero attached hydrogens (tertiary/aromatic N) is 1. The standard InChI is InChI=1S/C17H16ClF3N2O3S2/c18-15-14(16(24)22-25)13(9-27-15)28-23-7-5-12(6-8-23)26-11-3-1-10(2-4-11)17(19,20)21/h1-4,9,12,25H,5-8H2,(H,22,24). The number of alkyl halides is 3.